The first kappa shape index (κ1) is 13.3. The zero-order chi connectivity index (χ0) is 13.9. The molecule has 4 nitrogen and oxygen atoms in total. The van der Waals surface area contributed by atoms with Gasteiger partial charge in [0.1, 0.15) is 0 Å². The summed E-state index contributed by atoms with van der Waals surface area (Å²) >= 11 is 3.40. The third kappa shape index (κ3) is 2.76. The van der Waals surface area contributed by atoms with Gasteiger partial charge in [-0.3, -0.25) is 9.97 Å². The summed E-state index contributed by atoms with van der Waals surface area (Å²) in [5, 5.41) is 3.45. The highest BCUT2D eigenvalue weighted by molar-refractivity contribution is 8.00. The fourth-order valence-corrected chi connectivity index (χ4v) is 3.47. The first-order chi connectivity index (χ1) is 9.76. The Labute approximate surface area is 125 Å². The normalized spacial score (nSPS) is 12.5. The van der Waals surface area contributed by atoms with Crippen molar-refractivity contribution >= 4 is 39.0 Å². The lowest BCUT2D eigenvalue weighted by molar-refractivity contribution is 0.828. The second-order valence-electron chi connectivity index (χ2n) is 4.36. The number of nitrogens with zero attached hydrogens (tertiary/aromatic N) is 3. The SMILES string of the molecule is CSc1nc2ccc(NC(C)c3cnccn3)cc2s1. The highest BCUT2D eigenvalue weighted by atomic mass is 32.2. The minimum Gasteiger partial charge on any atom is -0.377 e. The fourth-order valence-electron chi connectivity index (χ4n) is 1.94. The fraction of sp³-hybridized carbons (Fsp3) is 0.214. The van der Waals surface area contributed by atoms with Crippen LogP contribution in [0.4, 0.5) is 5.69 Å². The molecule has 0 amide bonds. The average molecular weight is 302 g/mol. The van der Waals surface area contributed by atoms with Gasteiger partial charge in [0.25, 0.3) is 0 Å². The van der Waals surface area contributed by atoms with Gasteiger partial charge in [-0.25, -0.2) is 4.98 Å². The van der Waals surface area contributed by atoms with Gasteiger partial charge in [-0.05, 0) is 31.4 Å². The van der Waals surface area contributed by atoms with E-state index >= 15 is 0 Å². The van der Waals surface area contributed by atoms with Gasteiger partial charge in [0, 0.05) is 18.1 Å². The quantitative estimate of drug-likeness (QED) is 0.739. The Kier molecular flexibility index (Phi) is 3.84. The van der Waals surface area contributed by atoms with Crippen molar-refractivity contribution in [1.82, 2.24) is 15.0 Å². The Hall–Kier alpha value is -1.66. The topological polar surface area (TPSA) is 50.7 Å². The number of aromatic nitrogens is 3. The van der Waals surface area contributed by atoms with E-state index in [0.717, 1.165) is 21.2 Å². The van der Waals surface area contributed by atoms with E-state index in [1.807, 2.05) is 6.26 Å². The maximum Gasteiger partial charge on any atom is 0.150 e. The first-order valence-corrected chi connectivity index (χ1v) is 8.27. The first-order valence-electron chi connectivity index (χ1n) is 6.23. The number of rotatable bonds is 4. The zero-order valence-electron chi connectivity index (χ0n) is 11.2. The van der Waals surface area contributed by atoms with Gasteiger partial charge in [-0.1, -0.05) is 11.8 Å². The van der Waals surface area contributed by atoms with Crippen LogP contribution >= 0.6 is 23.1 Å². The zero-order valence-corrected chi connectivity index (χ0v) is 12.8. The van der Waals surface area contributed by atoms with Crippen LogP contribution < -0.4 is 5.32 Å². The van der Waals surface area contributed by atoms with Crippen LogP contribution in [0.25, 0.3) is 10.2 Å². The van der Waals surface area contributed by atoms with Crippen molar-refractivity contribution in [1.29, 1.82) is 0 Å². The number of hydrogen-bond donors (Lipinski definition) is 1. The summed E-state index contributed by atoms with van der Waals surface area (Å²) in [4.78, 5) is 13.0. The van der Waals surface area contributed by atoms with Gasteiger partial charge < -0.3 is 5.32 Å². The van der Waals surface area contributed by atoms with Crippen LogP contribution in [0.2, 0.25) is 0 Å². The van der Waals surface area contributed by atoms with Crippen LogP contribution in [0, 0.1) is 0 Å². The van der Waals surface area contributed by atoms with Gasteiger partial charge in [0.05, 0.1) is 28.1 Å². The Morgan fingerprint density at radius 3 is 2.95 bits per heavy atom. The van der Waals surface area contributed by atoms with Crippen LogP contribution in [0.3, 0.4) is 0 Å². The van der Waals surface area contributed by atoms with E-state index in [9.17, 15) is 0 Å². The van der Waals surface area contributed by atoms with Gasteiger partial charge in [-0.15, -0.1) is 11.3 Å². The van der Waals surface area contributed by atoms with Crippen LogP contribution in [0.5, 0.6) is 0 Å². The predicted molar refractivity (Wildman–Crippen MR) is 85.5 cm³/mol. The molecule has 1 N–H and O–H groups in total. The molecule has 0 spiro atoms. The van der Waals surface area contributed by atoms with E-state index in [2.05, 4.69) is 45.4 Å². The lowest BCUT2D eigenvalue weighted by Gasteiger charge is -2.14. The lowest BCUT2D eigenvalue weighted by atomic mass is 10.2. The van der Waals surface area contributed by atoms with Gasteiger partial charge >= 0.3 is 0 Å². The molecule has 20 heavy (non-hydrogen) atoms. The second-order valence-corrected chi connectivity index (χ2v) is 6.45. The minimum absolute atomic E-state index is 0.120. The van der Waals surface area contributed by atoms with Crippen LogP contribution in [0.1, 0.15) is 18.7 Å². The molecular formula is C14H14N4S2. The molecule has 0 saturated carbocycles. The van der Waals surface area contributed by atoms with E-state index in [4.69, 9.17) is 0 Å². The number of thiazole rings is 1. The molecule has 3 aromatic rings. The summed E-state index contributed by atoms with van der Waals surface area (Å²) in [5.41, 5.74) is 3.06. The van der Waals surface area contributed by atoms with E-state index < -0.39 is 0 Å². The summed E-state index contributed by atoms with van der Waals surface area (Å²) in [6.45, 7) is 2.08. The molecular weight excluding hydrogens is 288 g/mol. The van der Waals surface area contributed by atoms with E-state index in [-0.39, 0.29) is 6.04 Å². The third-order valence-electron chi connectivity index (χ3n) is 2.95. The molecule has 1 aromatic carbocycles. The molecule has 2 heterocycles. The monoisotopic (exact) mass is 302 g/mol. The molecule has 0 radical (unpaired) electrons. The summed E-state index contributed by atoms with van der Waals surface area (Å²) < 4.78 is 2.30. The molecule has 0 fully saturated rings. The van der Waals surface area contributed by atoms with Crippen molar-refractivity contribution < 1.29 is 0 Å². The maximum absolute atomic E-state index is 4.54. The number of benzene rings is 1. The Morgan fingerprint density at radius 1 is 1.30 bits per heavy atom. The minimum atomic E-state index is 0.120. The standard InChI is InChI=1S/C14H14N4S2/c1-9(12-8-15-5-6-16-12)17-10-3-4-11-13(7-10)20-14(18-11)19-2/h3-9,17H,1-2H3. The molecule has 0 saturated heterocycles. The Bertz CT molecular complexity index is 712. The molecule has 0 bridgehead atoms. The van der Waals surface area contributed by atoms with Crippen LogP contribution in [-0.4, -0.2) is 21.2 Å². The molecule has 1 unspecified atom stereocenters. The lowest BCUT2D eigenvalue weighted by Crippen LogP contribution is -2.08. The molecule has 0 aliphatic carbocycles. The largest absolute Gasteiger partial charge is 0.377 e. The molecule has 1 atom stereocenters. The van der Waals surface area contributed by atoms with E-state index in [1.165, 1.54) is 4.70 Å². The van der Waals surface area contributed by atoms with Crippen molar-refractivity contribution in [2.45, 2.75) is 17.3 Å². The smallest absolute Gasteiger partial charge is 0.150 e. The number of hydrogen-bond acceptors (Lipinski definition) is 6. The van der Waals surface area contributed by atoms with Crippen molar-refractivity contribution in [3.63, 3.8) is 0 Å². The number of fused-ring (bicyclic) bond motifs is 1. The Morgan fingerprint density at radius 2 is 2.20 bits per heavy atom. The van der Waals surface area contributed by atoms with Gasteiger partial charge in [0.2, 0.25) is 0 Å². The summed E-state index contributed by atoms with van der Waals surface area (Å²) in [7, 11) is 0. The number of nitrogens with one attached hydrogen (secondary N) is 1. The van der Waals surface area contributed by atoms with Crippen LogP contribution in [-0.2, 0) is 0 Å². The van der Waals surface area contributed by atoms with Crippen molar-refractivity contribution in [3.05, 3.63) is 42.5 Å². The summed E-state index contributed by atoms with van der Waals surface area (Å²) in [5.74, 6) is 0. The molecule has 3 rings (SSSR count). The van der Waals surface area contributed by atoms with Crippen molar-refractivity contribution in [2.75, 3.05) is 11.6 Å². The van der Waals surface area contributed by atoms with Gasteiger partial charge in [0.15, 0.2) is 4.34 Å². The molecule has 0 aliphatic heterocycles. The highest BCUT2D eigenvalue weighted by Crippen LogP contribution is 2.30. The molecule has 2 aromatic heterocycles. The maximum atomic E-state index is 4.54. The molecule has 6 heteroatoms. The van der Waals surface area contributed by atoms with Crippen LogP contribution in [0.15, 0.2) is 41.1 Å². The number of anilines is 1. The predicted octanol–water partition coefficient (Wildman–Crippen LogP) is 3.98. The summed E-state index contributed by atoms with van der Waals surface area (Å²) in [6, 6.07) is 6.37. The van der Waals surface area contributed by atoms with Gasteiger partial charge in [-0.2, -0.15) is 0 Å². The second kappa shape index (κ2) is 5.76. The third-order valence-corrected chi connectivity index (χ3v) is 4.96. The van der Waals surface area contributed by atoms with E-state index in [1.54, 1.807) is 41.7 Å². The summed E-state index contributed by atoms with van der Waals surface area (Å²) in [6.07, 6.45) is 7.23. The highest BCUT2D eigenvalue weighted by Gasteiger charge is 2.08. The molecule has 102 valence electrons. The average Bonchev–Trinajstić information content (AvgIpc) is 2.90. The van der Waals surface area contributed by atoms with Crippen molar-refractivity contribution in [2.24, 2.45) is 0 Å². The van der Waals surface area contributed by atoms with E-state index in [0.29, 0.717) is 0 Å². The molecule has 0 aliphatic rings. The number of thioether (sulfide) groups is 1. The Balaban J connectivity index is 1.83. The van der Waals surface area contributed by atoms with Crippen molar-refractivity contribution in [3.8, 4) is 0 Å².